The highest BCUT2D eigenvalue weighted by Crippen LogP contribution is 2.25. The molecule has 1 atom stereocenters. The number of benzene rings is 2. The van der Waals surface area contributed by atoms with Crippen LogP contribution in [0.5, 0.6) is 5.75 Å². The number of hydrogen-bond acceptors (Lipinski definition) is 4. The predicted molar refractivity (Wildman–Crippen MR) is 95.4 cm³/mol. The number of aliphatic hydroxyl groups is 1. The SMILES string of the molecule is O=C(CCCOc1cccc2ccccc12)NC(CO)c1ccco1. The normalized spacial score (nSPS) is 12.0. The van der Waals surface area contributed by atoms with Gasteiger partial charge in [-0.05, 0) is 30.0 Å². The van der Waals surface area contributed by atoms with Crippen LogP contribution in [-0.4, -0.2) is 24.2 Å². The first-order valence-corrected chi connectivity index (χ1v) is 8.32. The highest BCUT2D eigenvalue weighted by atomic mass is 16.5. The van der Waals surface area contributed by atoms with Gasteiger partial charge in [0.25, 0.3) is 0 Å². The van der Waals surface area contributed by atoms with Gasteiger partial charge in [-0.15, -0.1) is 0 Å². The van der Waals surface area contributed by atoms with E-state index in [0.29, 0.717) is 25.2 Å². The van der Waals surface area contributed by atoms with E-state index in [0.717, 1.165) is 16.5 Å². The predicted octanol–water partition coefficient (Wildman–Crippen LogP) is 3.44. The molecule has 0 spiro atoms. The Hall–Kier alpha value is -2.79. The van der Waals surface area contributed by atoms with Crippen LogP contribution in [0.3, 0.4) is 0 Å². The van der Waals surface area contributed by atoms with Gasteiger partial charge < -0.3 is 19.6 Å². The second-order valence-electron chi connectivity index (χ2n) is 5.75. The van der Waals surface area contributed by atoms with Crippen LogP contribution >= 0.6 is 0 Å². The number of nitrogens with one attached hydrogen (secondary N) is 1. The summed E-state index contributed by atoms with van der Waals surface area (Å²) in [7, 11) is 0. The van der Waals surface area contributed by atoms with Crippen molar-refractivity contribution in [1.82, 2.24) is 5.32 Å². The Kier molecular flexibility index (Phi) is 5.69. The number of carbonyl (C=O) groups excluding carboxylic acids is 1. The average molecular weight is 339 g/mol. The molecule has 0 fully saturated rings. The minimum absolute atomic E-state index is 0.142. The first-order valence-electron chi connectivity index (χ1n) is 8.32. The quantitative estimate of drug-likeness (QED) is 0.617. The van der Waals surface area contributed by atoms with E-state index in [1.165, 1.54) is 6.26 Å². The van der Waals surface area contributed by atoms with Gasteiger partial charge in [0.2, 0.25) is 5.91 Å². The van der Waals surface area contributed by atoms with Crippen molar-refractivity contribution in [3.63, 3.8) is 0 Å². The molecule has 1 heterocycles. The molecule has 1 unspecified atom stereocenters. The number of aliphatic hydroxyl groups excluding tert-OH is 1. The minimum atomic E-state index is -0.513. The molecule has 0 aliphatic rings. The maximum Gasteiger partial charge on any atom is 0.220 e. The first kappa shape index (κ1) is 17.0. The Labute approximate surface area is 146 Å². The molecule has 0 aliphatic carbocycles. The fraction of sp³-hybridized carbons (Fsp3) is 0.250. The molecule has 3 rings (SSSR count). The molecule has 25 heavy (non-hydrogen) atoms. The van der Waals surface area contributed by atoms with Gasteiger partial charge >= 0.3 is 0 Å². The van der Waals surface area contributed by atoms with E-state index in [1.54, 1.807) is 12.1 Å². The van der Waals surface area contributed by atoms with Crippen LogP contribution in [0.4, 0.5) is 0 Å². The Balaban J connectivity index is 1.47. The molecule has 0 aliphatic heterocycles. The van der Waals surface area contributed by atoms with E-state index in [9.17, 15) is 9.90 Å². The molecule has 0 radical (unpaired) electrons. The van der Waals surface area contributed by atoms with E-state index in [-0.39, 0.29) is 12.5 Å². The molecular formula is C20H21NO4. The fourth-order valence-electron chi connectivity index (χ4n) is 2.70. The second-order valence-corrected chi connectivity index (χ2v) is 5.75. The highest BCUT2D eigenvalue weighted by Gasteiger charge is 2.15. The third-order valence-electron chi connectivity index (χ3n) is 3.96. The summed E-state index contributed by atoms with van der Waals surface area (Å²) >= 11 is 0. The van der Waals surface area contributed by atoms with Crippen molar-refractivity contribution < 1.29 is 19.1 Å². The Bertz CT molecular complexity index is 808. The molecule has 3 aromatic rings. The molecular weight excluding hydrogens is 318 g/mol. The molecule has 2 aromatic carbocycles. The smallest absolute Gasteiger partial charge is 0.220 e. The van der Waals surface area contributed by atoms with Crippen molar-refractivity contribution in [2.75, 3.05) is 13.2 Å². The van der Waals surface area contributed by atoms with Crippen LogP contribution in [0.1, 0.15) is 24.6 Å². The molecule has 1 aromatic heterocycles. The zero-order chi connectivity index (χ0) is 17.5. The van der Waals surface area contributed by atoms with Crippen LogP contribution < -0.4 is 10.1 Å². The van der Waals surface area contributed by atoms with Crippen molar-refractivity contribution in [2.24, 2.45) is 0 Å². The summed E-state index contributed by atoms with van der Waals surface area (Å²) in [6, 6.07) is 16.9. The van der Waals surface area contributed by atoms with Gasteiger partial charge in [-0.25, -0.2) is 0 Å². The third-order valence-corrected chi connectivity index (χ3v) is 3.96. The van der Waals surface area contributed by atoms with Gasteiger partial charge in [0.1, 0.15) is 17.6 Å². The lowest BCUT2D eigenvalue weighted by Gasteiger charge is -2.14. The average Bonchev–Trinajstić information content (AvgIpc) is 3.18. The second kappa shape index (κ2) is 8.35. The van der Waals surface area contributed by atoms with Gasteiger partial charge in [-0.3, -0.25) is 4.79 Å². The Morgan fingerprint density at radius 1 is 1.12 bits per heavy atom. The van der Waals surface area contributed by atoms with Crippen molar-refractivity contribution in [2.45, 2.75) is 18.9 Å². The van der Waals surface area contributed by atoms with Crippen molar-refractivity contribution in [3.05, 3.63) is 66.6 Å². The molecule has 0 saturated carbocycles. The molecule has 1 amide bonds. The van der Waals surface area contributed by atoms with Crippen LogP contribution in [0.2, 0.25) is 0 Å². The monoisotopic (exact) mass is 339 g/mol. The first-order chi connectivity index (χ1) is 12.3. The molecule has 130 valence electrons. The summed E-state index contributed by atoms with van der Waals surface area (Å²) < 4.78 is 11.0. The Morgan fingerprint density at radius 3 is 2.76 bits per heavy atom. The maximum atomic E-state index is 12.0. The number of fused-ring (bicyclic) bond motifs is 1. The number of ether oxygens (including phenoxy) is 1. The summed E-state index contributed by atoms with van der Waals surface area (Å²) in [6.07, 6.45) is 2.43. The van der Waals surface area contributed by atoms with Crippen LogP contribution in [0.15, 0.2) is 65.3 Å². The van der Waals surface area contributed by atoms with Crippen LogP contribution in [0, 0.1) is 0 Å². The van der Waals surface area contributed by atoms with Gasteiger partial charge in [-0.1, -0.05) is 36.4 Å². The standard InChI is InChI=1S/C20H21NO4/c22-14-17(19-10-4-12-25-19)21-20(23)11-5-13-24-18-9-3-7-15-6-1-2-8-16(15)18/h1-4,6-10,12,17,22H,5,11,13-14H2,(H,21,23). The largest absolute Gasteiger partial charge is 0.493 e. The summed E-state index contributed by atoms with van der Waals surface area (Å²) in [5.41, 5.74) is 0. The summed E-state index contributed by atoms with van der Waals surface area (Å²) in [4.78, 5) is 12.0. The fourth-order valence-corrected chi connectivity index (χ4v) is 2.70. The van der Waals surface area contributed by atoms with E-state index >= 15 is 0 Å². The zero-order valence-corrected chi connectivity index (χ0v) is 13.9. The summed E-state index contributed by atoms with van der Waals surface area (Å²) in [5.74, 6) is 1.22. The topological polar surface area (TPSA) is 71.7 Å². The van der Waals surface area contributed by atoms with E-state index in [1.807, 2.05) is 42.5 Å². The van der Waals surface area contributed by atoms with Gasteiger partial charge in [0.05, 0.1) is 19.5 Å². The highest BCUT2D eigenvalue weighted by molar-refractivity contribution is 5.88. The molecule has 2 N–H and O–H groups in total. The maximum absolute atomic E-state index is 12.0. The molecule has 5 nitrogen and oxygen atoms in total. The Morgan fingerprint density at radius 2 is 1.96 bits per heavy atom. The molecule has 0 bridgehead atoms. The molecule has 0 saturated heterocycles. The number of carbonyl (C=O) groups is 1. The molecule has 5 heteroatoms. The zero-order valence-electron chi connectivity index (χ0n) is 13.9. The van der Waals surface area contributed by atoms with Crippen molar-refractivity contribution >= 4 is 16.7 Å². The van der Waals surface area contributed by atoms with Gasteiger partial charge in [0.15, 0.2) is 0 Å². The van der Waals surface area contributed by atoms with E-state index < -0.39 is 6.04 Å². The summed E-state index contributed by atoms with van der Waals surface area (Å²) in [6.45, 7) is 0.248. The number of amides is 1. The van der Waals surface area contributed by atoms with Crippen molar-refractivity contribution in [1.29, 1.82) is 0 Å². The van der Waals surface area contributed by atoms with E-state index in [4.69, 9.17) is 9.15 Å². The third kappa shape index (κ3) is 4.39. The van der Waals surface area contributed by atoms with Crippen LogP contribution in [0.25, 0.3) is 10.8 Å². The number of furan rings is 1. The lowest BCUT2D eigenvalue weighted by molar-refractivity contribution is -0.122. The van der Waals surface area contributed by atoms with Gasteiger partial charge in [-0.2, -0.15) is 0 Å². The van der Waals surface area contributed by atoms with Crippen LogP contribution in [-0.2, 0) is 4.79 Å². The number of rotatable bonds is 8. The van der Waals surface area contributed by atoms with Gasteiger partial charge in [0, 0.05) is 11.8 Å². The number of hydrogen-bond donors (Lipinski definition) is 2. The minimum Gasteiger partial charge on any atom is -0.493 e. The lowest BCUT2D eigenvalue weighted by atomic mass is 10.1. The lowest BCUT2D eigenvalue weighted by Crippen LogP contribution is -2.30. The van der Waals surface area contributed by atoms with E-state index in [2.05, 4.69) is 5.32 Å². The summed E-state index contributed by atoms with van der Waals surface area (Å²) in [5, 5.41) is 14.3. The van der Waals surface area contributed by atoms with Crippen molar-refractivity contribution in [3.8, 4) is 5.75 Å².